The first-order chi connectivity index (χ1) is 18.6. The van der Waals surface area contributed by atoms with Gasteiger partial charge in [-0.2, -0.15) is 0 Å². The van der Waals surface area contributed by atoms with Crippen molar-refractivity contribution in [3.05, 3.63) is 53.1 Å². The average Bonchev–Trinajstić information content (AvgIpc) is 2.92. The zero-order valence-electron chi connectivity index (χ0n) is 24.1. The molecule has 2 rings (SSSR count). The number of hydrogen-bond donors (Lipinski definition) is 2. The summed E-state index contributed by atoms with van der Waals surface area (Å²) in [7, 11) is 0. The fraction of sp³-hybridized carbons (Fsp3) is 0.618. The summed E-state index contributed by atoms with van der Waals surface area (Å²) in [5.74, 6) is -0.481. The van der Waals surface area contributed by atoms with Crippen LogP contribution in [0.1, 0.15) is 144 Å². The van der Waals surface area contributed by atoms with E-state index in [-0.39, 0.29) is 22.8 Å². The maximum Gasteiger partial charge on any atom is 0.347 e. The van der Waals surface area contributed by atoms with E-state index in [0.717, 1.165) is 49.7 Å². The van der Waals surface area contributed by atoms with Gasteiger partial charge in [-0.3, -0.25) is 0 Å². The lowest BCUT2D eigenvalue weighted by Crippen LogP contribution is -2.10. The topological polar surface area (TPSA) is 66.8 Å². The molecule has 0 aliphatic rings. The summed E-state index contributed by atoms with van der Waals surface area (Å²) in [6.07, 6.45) is 22.5. The van der Waals surface area contributed by atoms with E-state index in [1.54, 1.807) is 24.3 Å². The Bertz CT molecular complexity index is 921. The van der Waals surface area contributed by atoms with Crippen molar-refractivity contribution in [2.45, 2.75) is 136 Å². The van der Waals surface area contributed by atoms with Crippen LogP contribution in [0.15, 0.2) is 36.4 Å². The van der Waals surface area contributed by atoms with Crippen LogP contribution in [-0.4, -0.2) is 16.2 Å². The fourth-order valence-electron chi connectivity index (χ4n) is 5.04. The van der Waals surface area contributed by atoms with Crippen molar-refractivity contribution in [1.29, 1.82) is 0 Å². The summed E-state index contributed by atoms with van der Waals surface area (Å²) in [4.78, 5) is 12.9. The van der Waals surface area contributed by atoms with E-state index in [4.69, 9.17) is 4.74 Å². The predicted molar refractivity (Wildman–Crippen MR) is 158 cm³/mol. The molecule has 0 amide bonds. The van der Waals surface area contributed by atoms with Gasteiger partial charge in [0, 0.05) is 0 Å². The molecule has 0 atom stereocenters. The first-order valence-electron chi connectivity index (χ1n) is 15.4. The third-order valence-electron chi connectivity index (χ3n) is 7.47. The molecule has 0 spiro atoms. The number of rotatable bonds is 21. The van der Waals surface area contributed by atoms with Crippen molar-refractivity contribution in [1.82, 2.24) is 0 Å². The molecule has 0 radical (unpaired) electrons. The molecule has 0 aliphatic heterocycles. The molecule has 0 saturated heterocycles. The molecule has 2 aromatic rings. The van der Waals surface area contributed by atoms with E-state index in [0.29, 0.717) is 0 Å². The Balaban J connectivity index is 1.79. The second kappa shape index (κ2) is 19.6. The van der Waals surface area contributed by atoms with Crippen LogP contribution in [0.4, 0.5) is 0 Å². The number of carbonyl (C=O) groups excluding carboxylic acids is 1. The number of para-hydroxylation sites is 2. The smallest absolute Gasteiger partial charge is 0.347 e. The molecule has 2 N–H and O–H groups in total. The number of unbranched alkanes of at least 4 members (excludes halogenated alkanes) is 15. The Morgan fingerprint density at radius 3 is 1.50 bits per heavy atom. The predicted octanol–water partition coefficient (Wildman–Crippen LogP) is 10.1. The van der Waals surface area contributed by atoms with E-state index >= 15 is 0 Å². The van der Waals surface area contributed by atoms with Gasteiger partial charge in [-0.25, -0.2) is 4.79 Å². The Labute approximate surface area is 231 Å². The molecule has 0 aromatic heterocycles. The second-order valence-electron chi connectivity index (χ2n) is 10.8. The number of phenols is 2. The lowest BCUT2D eigenvalue weighted by molar-refractivity contribution is 0.0726. The van der Waals surface area contributed by atoms with Crippen LogP contribution < -0.4 is 4.74 Å². The number of aryl methyl sites for hydroxylation is 2. The van der Waals surface area contributed by atoms with Gasteiger partial charge < -0.3 is 14.9 Å². The highest BCUT2D eigenvalue weighted by molar-refractivity contribution is 5.94. The maximum absolute atomic E-state index is 12.9. The van der Waals surface area contributed by atoms with E-state index in [1.807, 2.05) is 12.1 Å². The van der Waals surface area contributed by atoms with Crippen molar-refractivity contribution in [2.75, 3.05) is 0 Å². The molecule has 0 bridgehead atoms. The van der Waals surface area contributed by atoms with Crippen LogP contribution in [0.3, 0.4) is 0 Å². The normalized spacial score (nSPS) is 11.1. The van der Waals surface area contributed by atoms with Crippen LogP contribution in [0.5, 0.6) is 17.2 Å². The Kier molecular flexibility index (Phi) is 16.3. The SMILES string of the molecule is CCCCCCCCCCCCc1cccc(C(=O)Oc2cccc(CCCCCCCCC)c2O)c1O. The summed E-state index contributed by atoms with van der Waals surface area (Å²) in [6.45, 7) is 4.47. The van der Waals surface area contributed by atoms with Gasteiger partial charge >= 0.3 is 5.97 Å². The van der Waals surface area contributed by atoms with E-state index in [9.17, 15) is 15.0 Å². The zero-order chi connectivity index (χ0) is 27.4. The third kappa shape index (κ3) is 11.9. The lowest BCUT2D eigenvalue weighted by Gasteiger charge is -2.12. The van der Waals surface area contributed by atoms with Gasteiger partial charge in [-0.05, 0) is 48.9 Å². The first-order valence-corrected chi connectivity index (χ1v) is 15.4. The van der Waals surface area contributed by atoms with E-state index < -0.39 is 5.97 Å². The fourth-order valence-corrected chi connectivity index (χ4v) is 5.04. The Morgan fingerprint density at radius 2 is 1.00 bits per heavy atom. The minimum absolute atomic E-state index is 0.00728. The van der Waals surface area contributed by atoms with Gasteiger partial charge in [-0.1, -0.05) is 134 Å². The number of benzene rings is 2. The minimum atomic E-state index is -0.643. The molecule has 0 fully saturated rings. The van der Waals surface area contributed by atoms with Crippen molar-refractivity contribution in [3.63, 3.8) is 0 Å². The largest absolute Gasteiger partial charge is 0.507 e. The number of hydrogen-bond acceptors (Lipinski definition) is 4. The summed E-state index contributed by atoms with van der Waals surface area (Å²) in [6, 6.07) is 10.5. The number of esters is 1. The molecule has 4 heteroatoms. The molecule has 212 valence electrons. The molecular formula is C34H52O4. The highest BCUT2D eigenvalue weighted by Gasteiger charge is 2.18. The summed E-state index contributed by atoms with van der Waals surface area (Å²) < 4.78 is 5.54. The van der Waals surface area contributed by atoms with Crippen molar-refractivity contribution in [2.24, 2.45) is 0 Å². The number of phenolic OH excluding ortho intramolecular Hbond substituents is 2. The Hall–Kier alpha value is -2.49. The second-order valence-corrected chi connectivity index (χ2v) is 10.8. The summed E-state index contributed by atoms with van der Waals surface area (Å²) in [5.41, 5.74) is 1.71. The monoisotopic (exact) mass is 524 g/mol. The molecule has 0 unspecified atom stereocenters. The van der Waals surface area contributed by atoms with Crippen molar-refractivity contribution in [3.8, 4) is 17.2 Å². The van der Waals surface area contributed by atoms with Crippen LogP contribution in [-0.2, 0) is 12.8 Å². The highest BCUT2D eigenvalue weighted by Crippen LogP contribution is 2.33. The van der Waals surface area contributed by atoms with Gasteiger partial charge in [0.1, 0.15) is 11.3 Å². The van der Waals surface area contributed by atoms with Crippen LogP contribution in [0.25, 0.3) is 0 Å². The molecule has 0 saturated carbocycles. The zero-order valence-corrected chi connectivity index (χ0v) is 24.1. The van der Waals surface area contributed by atoms with Crippen LogP contribution in [0.2, 0.25) is 0 Å². The average molecular weight is 525 g/mol. The Morgan fingerprint density at radius 1 is 0.579 bits per heavy atom. The summed E-state index contributed by atoms with van der Waals surface area (Å²) in [5, 5.41) is 21.5. The molecule has 0 heterocycles. The van der Waals surface area contributed by atoms with Crippen molar-refractivity contribution < 1.29 is 19.7 Å². The van der Waals surface area contributed by atoms with Crippen LogP contribution >= 0.6 is 0 Å². The number of ether oxygens (including phenoxy) is 1. The van der Waals surface area contributed by atoms with Crippen molar-refractivity contribution >= 4 is 5.97 Å². The highest BCUT2D eigenvalue weighted by atomic mass is 16.5. The van der Waals surface area contributed by atoms with Gasteiger partial charge in [0.05, 0.1) is 0 Å². The standard InChI is InChI=1S/C34H52O4/c1-3-5-7-9-11-12-13-15-17-18-22-28-24-20-26-30(32(28)35)34(37)38-31-27-21-25-29(33(31)36)23-19-16-14-10-8-6-4-2/h20-21,24-27,35-36H,3-19,22-23H2,1-2H3. The van der Waals surface area contributed by atoms with E-state index in [2.05, 4.69) is 13.8 Å². The summed E-state index contributed by atoms with van der Waals surface area (Å²) >= 11 is 0. The quantitative estimate of drug-likeness (QED) is 0.0968. The molecular weight excluding hydrogens is 472 g/mol. The molecule has 38 heavy (non-hydrogen) atoms. The third-order valence-corrected chi connectivity index (χ3v) is 7.47. The van der Waals surface area contributed by atoms with Crippen LogP contribution in [0, 0.1) is 0 Å². The van der Waals surface area contributed by atoms with Gasteiger partial charge in [0.25, 0.3) is 0 Å². The molecule has 2 aromatic carbocycles. The maximum atomic E-state index is 12.9. The number of carbonyl (C=O) groups is 1. The number of aromatic hydroxyl groups is 2. The van der Waals surface area contributed by atoms with E-state index in [1.165, 1.54) is 83.5 Å². The van der Waals surface area contributed by atoms with Gasteiger partial charge in [0.2, 0.25) is 0 Å². The molecule has 4 nitrogen and oxygen atoms in total. The minimum Gasteiger partial charge on any atom is -0.507 e. The lowest BCUT2D eigenvalue weighted by atomic mass is 10.0. The molecule has 0 aliphatic carbocycles. The first kappa shape index (κ1) is 31.7. The van der Waals surface area contributed by atoms with Gasteiger partial charge in [-0.15, -0.1) is 0 Å². The van der Waals surface area contributed by atoms with Gasteiger partial charge in [0.15, 0.2) is 11.5 Å².